The molecular formula is C4H5BrClN. The predicted octanol–water partition coefficient (Wildman–Crippen LogP) is 1.90. The molecule has 7 heavy (non-hydrogen) atoms. The first-order valence-corrected chi connectivity index (χ1v) is 3.36. The van der Waals surface area contributed by atoms with Crippen molar-refractivity contribution in [1.29, 1.82) is 5.26 Å². The molecule has 0 spiro atoms. The summed E-state index contributed by atoms with van der Waals surface area (Å²) in [7, 11) is 0. The van der Waals surface area contributed by atoms with Gasteiger partial charge in [-0.05, 0) is 6.42 Å². The van der Waals surface area contributed by atoms with Crippen LogP contribution < -0.4 is 0 Å². The van der Waals surface area contributed by atoms with Crippen molar-refractivity contribution in [3.63, 3.8) is 0 Å². The summed E-state index contributed by atoms with van der Waals surface area (Å²) < 4.78 is 0. The van der Waals surface area contributed by atoms with E-state index >= 15 is 0 Å². The van der Waals surface area contributed by atoms with Gasteiger partial charge >= 0.3 is 0 Å². The van der Waals surface area contributed by atoms with Crippen molar-refractivity contribution >= 4 is 27.5 Å². The van der Waals surface area contributed by atoms with E-state index < -0.39 is 0 Å². The summed E-state index contributed by atoms with van der Waals surface area (Å²) in [5.74, 6) is 0.545. The average molecular weight is 182 g/mol. The van der Waals surface area contributed by atoms with Crippen LogP contribution in [0, 0.1) is 11.3 Å². The van der Waals surface area contributed by atoms with Gasteiger partial charge in [-0.25, -0.2) is 0 Å². The smallest absolute Gasteiger partial charge is 0.102 e. The van der Waals surface area contributed by atoms with Crippen molar-refractivity contribution < 1.29 is 0 Å². The lowest BCUT2D eigenvalue weighted by molar-refractivity contribution is 1.01. The van der Waals surface area contributed by atoms with Gasteiger partial charge in [-0.2, -0.15) is 5.26 Å². The number of rotatable bonds is 2. The van der Waals surface area contributed by atoms with Crippen LogP contribution in [0.25, 0.3) is 0 Å². The highest BCUT2D eigenvalue weighted by atomic mass is 79.9. The minimum absolute atomic E-state index is 0.0648. The van der Waals surface area contributed by atoms with Crippen LogP contribution in [0.1, 0.15) is 6.42 Å². The quantitative estimate of drug-likeness (QED) is 0.599. The number of hydrogen-bond donors (Lipinski definition) is 0. The van der Waals surface area contributed by atoms with Gasteiger partial charge in [0.15, 0.2) is 0 Å². The number of hydrogen-bond acceptors (Lipinski definition) is 1. The predicted molar refractivity (Wildman–Crippen MR) is 33.7 cm³/mol. The summed E-state index contributed by atoms with van der Waals surface area (Å²) in [5, 5.41) is 8.11. The maximum absolute atomic E-state index is 8.11. The van der Waals surface area contributed by atoms with E-state index in [1.165, 1.54) is 0 Å². The molecule has 0 radical (unpaired) electrons. The van der Waals surface area contributed by atoms with Gasteiger partial charge in [-0.1, -0.05) is 15.9 Å². The minimum atomic E-state index is -0.0648. The second-order valence-electron chi connectivity index (χ2n) is 1.07. The minimum Gasteiger partial charge on any atom is -0.197 e. The Labute approximate surface area is 56.4 Å². The van der Waals surface area contributed by atoms with Gasteiger partial charge in [0.05, 0.1) is 6.07 Å². The molecule has 0 fully saturated rings. The molecule has 0 saturated heterocycles. The van der Waals surface area contributed by atoms with Gasteiger partial charge in [-0.15, -0.1) is 11.6 Å². The molecule has 0 aliphatic heterocycles. The molecule has 0 aliphatic rings. The number of alkyl halides is 2. The fourth-order valence-electron chi connectivity index (χ4n) is 0.160. The lowest BCUT2D eigenvalue weighted by Crippen LogP contribution is -1.91. The second-order valence-corrected chi connectivity index (χ2v) is 2.56. The molecule has 0 aromatic heterocycles. The topological polar surface area (TPSA) is 23.8 Å². The molecule has 0 aromatic rings. The fourth-order valence-corrected chi connectivity index (χ4v) is 0.871. The van der Waals surface area contributed by atoms with E-state index in [4.69, 9.17) is 16.9 Å². The zero-order valence-electron chi connectivity index (χ0n) is 3.69. The van der Waals surface area contributed by atoms with Crippen LogP contribution in [0.5, 0.6) is 0 Å². The van der Waals surface area contributed by atoms with Crippen molar-refractivity contribution in [2.45, 2.75) is 11.2 Å². The maximum atomic E-state index is 8.11. The van der Waals surface area contributed by atoms with Gasteiger partial charge in [0.1, 0.15) is 4.83 Å². The third kappa shape index (κ3) is 4.11. The van der Waals surface area contributed by atoms with E-state index in [1.807, 2.05) is 6.07 Å². The number of halogens is 2. The fraction of sp³-hybridized carbons (Fsp3) is 0.750. The molecular weight excluding hydrogens is 177 g/mol. The first kappa shape index (κ1) is 7.26. The summed E-state index contributed by atoms with van der Waals surface area (Å²) in [4.78, 5) is -0.0648. The SMILES string of the molecule is N#CC(Br)CCCl. The normalized spacial score (nSPS) is 12.7. The third-order valence-electron chi connectivity index (χ3n) is 0.503. The van der Waals surface area contributed by atoms with Crippen LogP contribution in [0.2, 0.25) is 0 Å². The summed E-state index contributed by atoms with van der Waals surface area (Å²) in [6.07, 6.45) is 0.720. The molecule has 40 valence electrons. The van der Waals surface area contributed by atoms with Crippen LogP contribution in [0.4, 0.5) is 0 Å². The van der Waals surface area contributed by atoms with E-state index in [-0.39, 0.29) is 4.83 Å². The van der Waals surface area contributed by atoms with E-state index in [9.17, 15) is 0 Å². The Kier molecular flexibility index (Phi) is 4.58. The molecule has 0 bridgehead atoms. The van der Waals surface area contributed by atoms with Crippen LogP contribution in [0.15, 0.2) is 0 Å². The zero-order valence-corrected chi connectivity index (χ0v) is 6.04. The average Bonchev–Trinajstić information content (AvgIpc) is 1.68. The summed E-state index contributed by atoms with van der Waals surface area (Å²) in [6.45, 7) is 0. The Hall–Kier alpha value is 0.260. The standard InChI is InChI=1S/C4H5BrClN/c5-4(3-7)1-2-6/h4H,1-2H2. The summed E-state index contributed by atoms with van der Waals surface area (Å²) in [5.41, 5.74) is 0. The lowest BCUT2D eigenvalue weighted by atomic mass is 10.4. The van der Waals surface area contributed by atoms with E-state index in [0.717, 1.165) is 6.42 Å². The first-order valence-electron chi connectivity index (χ1n) is 1.91. The molecule has 0 amide bonds. The highest BCUT2D eigenvalue weighted by Crippen LogP contribution is 2.02. The molecule has 0 N–H and O–H groups in total. The lowest BCUT2D eigenvalue weighted by Gasteiger charge is -1.89. The summed E-state index contributed by atoms with van der Waals surface area (Å²) >= 11 is 8.39. The molecule has 1 atom stereocenters. The van der Waals surface area contributed by atoms with Crippen LogP contribution in [-0.4, -0.2) is 10.7 Å². The molecule has 1 unspecified atom stereocenters. The Balaban J connectivity index is 3.04. The molecule has 0 rings (SSSR count). The number of nitriles is 1. The van der Waals surface area contributed by atoms with Gasteiger partial charge in [0, 0.05) is 5.88 Å². The van der Waals surface area contributed by atoms with Gasteiger partial charge < -0.3 is 0 Å². The van der Waals surface area contributed by atoms with Crippen LogP contribution >= 0.6 is 27.5 Å². The Morgan fingerprint density at radius 1 is 1.86 bits per heavy atom. The Morgan fingerprint density at radius 2 is 2.43 bits per heavy atom. The van der Waals surface area contributed by atoms with E-state index in [0.29, 0.717) is 5.88 Å². The highest BCUT2D eigenvalue weighted by molar-refractivity contribution is 9.09. The molecule has 0 saturated carbocycles. The molecule has 0 heterocycles. The zero-order chi connectivity index (χ0) is 5.70. The van der Waals surface area contributed by atoms with Crippen molar-refractivity contribution in [3.8, 4) is 6.07 Å². The van der Waals surface area contributed by atoms with Crippen molar-refractivity contribution in [3.05, 3.63) is 0 Å². The monoisotopic (exact) mass is 181 g/mol. The Bertz CT molecular complexity index is 78.2. The third-order valence-corrected chi connectivity index (χ3v) is 1.38. The van der Waals surface area contributed by atoms with Crippen molar-refractivity contribution in [2.24, 2.45) is 0 Å². The first-order chi connectivity index (χ1) is 3.31. The van der Waals surface area contributed by atoms with Crippen molar-refractivity contribution in [2.75, 3.05) is 5.88 Å². The molecule has 0 aromatic carbocycles. The van der Waals surface area contributed by atoms with Gasteiger partial charge in [0.25, 0.3) is 0 Å². The van der Waals surface area contributed by atoms with Crippen LogP contribution in [0.3, 0.4) is 0 Å². The molecule has 3 heteroatoms. The maximum Gasteiger partial charge on any atom is 0.102 e. The molecule has 1 nitrogen and oxygen atoms in total. The van der Waals surface area contributed by atoms with Crippen LogP contribution in [-0.2, 0) is 0 Å². The van der Waals surface area contributed by atoms with E-state index in [1.54, 1.807) is 0 Å². The highest BCUT2D eigenvalue weighted by Gasteiger charge is 1.96. The second kappa shape index (κ2) is 4.42. The van der Waals surface area contributed by atoms with Gasteiger partial charge in [-0.3, -0.25) is 0 Å². The largest absolute Gasteiger partial charge is 0.197 e. The van der Waals surface area contributed by atoms with Crippen molar-refractivity contribution in [1.82, 2.24) is 0 Å². The number of nitrogens with zero attached hydrogens (tertiary/aromatic N) is 1. The molecule has 0 aliphatic carbocycles. The summed E-state index contributed by atoms with van der Waals surface area (Å²) in [6, 6.07) is 2.00. The van der Waals surface area contributed by atoms with Gasteiger partial charge in [0.2, 0.25) is 0 Å². The van der Waals surface area contributed by atoms with E-state index in [2.05, 4.69) is 15.9 Å². The Morgan fingerprint density at radius 3 is 2.57 bits per heavy atom.